The predicted octanol–water partition coefficient (Wildman–Crippen LogP) is 1.04. The van der Waals surface area contributed by atoms with E-state index in [1.807, 2.05) is 6.07 Å². The molecule has 1 unspecified atom stereocenters. The Morgan fingerprint density at radius 2 is 2.05 bits per heavy atom. The van der Waals surface area contributed by atoms with Crippen LogP contribution in [0.5, 0.6) is 0 Å². The van der Waals surface area contributed by atoms with Crippen LogP contribution < -0.4 is 10.6 Å². The summed E-state index contributed by atoms with van der Waals surface area (Å²) in [6, 6.07) is 5.47. The Labute approximate surface area is 116 Å². The fourth-order valence-corrected chi connectivity index (χ4v) is 2.95. The van der Waals surface area contributed by atoms with E-state index in [1.165, 1.54) is 0 Å². The molecule has 1 aromatic rings. The number of carbonyl (C=O) groups excluding carboxylic acids is 3. The van der Waals surface area contributed by atoms with Crippen LogP contribution in [0.15, 0.2) is 18.2 Å². The summed E-state index contributed by atoms with van der Waals surface area (Å²) in [5.41, 5.74) is 7.78. The van der Waals surface area contributed by atoms with Gasteiger partial charge in [-0.2, -0.15) is 0 Å². The minimum Gasteiger partial charge on any atom is -0.369 e. The molecule has 2 amide bonds. The molecule has 0 bridgehead atoms. The number of anilines is 1. The second-order valence-corrected chi connectivity index (χ2v) is 5.43. The van der Waals surface area contributed by atoms with E-state index in [0.717, 1.165) is 29.7 Å². The van der Waals surface area contributed by atoms with Gasteiger partial charge in [-0.3, -0.25) is 14.4 Å². The molecule has 5 nitrogen and oxygen atoms in total. The Bertz CT molecular complexity index is 609. The van der Waals surface area contributed by atoms with Gasteiger partial charge in [-0.1, -0.05) is 0 Å². The monoisotopic (exact) mass is 272 g/mol. The molecular formula is C15H16N2O3. The van der Waals surface area contributed by atoms with E-state index in [2.05, 4.69) is 0 Å². The topological polar surface area (TPSA) is 80.5 Å². The van der Waals surface area contributed by atoms with Crippen molar-refractivity contribution in [1.29, 1.82) is 0 Å². The number of aryl methyl sites for hydroxylation is 1. The average Bonchev–Trinajstić information content (AvgIpc) is 2.81. The lowest BCUT2D eigenvalue weighted by molar-refractivity contribution is -0.123. The molecule has 0 saturated carbocycles. The maximum atomic E-state index is 12.0. The van der Waals surface area contributed by atoms with Gasteiger partial charge >= 0.3 is 0 Å². The van der Waals surface area contributed by atoms with E-state index in [4.69, 9.17) is 5.73 Å². The van der Waals surface area contributed by atoms with Crippen molar-refractivity contribution in [2.24, 2.45) is 11.7 Å². The van der Waals surface area contributed by atoms with Gasteiger partial charge in [-0.25, -0.2) is 0 Å². The van der Waals surface area contributed by atoms with Crippen LogP contribution in [0.1, 0.15) is 35.2 Å². The molecule has 0 radical (unpaired) electrons. The number of benzene rings is 1. The Morgan fingerprint density at radius 1 is 1.25 bits per heavy atom. The van der Waals surface area contributed by atoms with E-state index in [9.17, 15) is 14.4 Å². The van der Waals surface area contributed by atoms with Crippen molar-refractivity contribution < 1.29 is 14.4 Å². The number of primary amides is 1. The van der Waals surface area contributed by atoms with Crippen LogP contribution in [0.2, 0.25) is 0 Å². The van der Waals surface area contributed by atoms with Gasteiger partial charge in [0.2, 0.25) is 11.8 Å². The summed E-state index contributed by atoms with van der Waals surface area (Å²) in [5, 5.41) is 0. The summed E-state index contributed by atoms with van der Waals surface area (Å²) in [6.45, 7) is 0.334. The van der Waals surface area contributed by atoms with Crippen LogP contribution in [0.3, 0.4) is 0 Å². The minimum atomic E-state index is -0.436. The number of carbonyl (C=O) groups is 3. The molecule has 0 spiro atoms. The lowest BCUT2D eigenvalue weighted by atomic mass is 9.90. The van der Waals surface area contributed by atoms with Gasteiger partial charge in [-0.15, -0.1) is 0 Å². The molecule has 3 rings (SSSR count). The molecule has 2 aliphatic rings. The third kappa shape index (κ3) is 2.09. The molecule has 5 heteroatoms. The summed E-state index contributed by atoms with van der Waals surface area (Å²) >= 11 is 0. The van der Waals surface area contributed by atoms with Crippen molar-refractivity contribution in [1.82, 2.24) is 0 Å². The second-order valence-electron chi connectivity index (χ2n) is 5.43. The molecule has 1 fully saturated rings. The summed E-state index contributed by atoms with van der Waals surface area (Å²) < 4.78 is 0. The predicted molar refractivity (Wildman–Crippen MR) is 73.4 cm³/mol. The first-order valence-corrected chi connectivity index (χ1v) is 6.82. The molecule has 1 aliphatic carbocycles. The smallest absolute Gasteiger partial charge is 0.227 e. The van der Waals surface area contributed by atoms with Crippen molar-refractivity contribution in [3.8, 4) is 0 Å². The van der Waals surface area contributed by atoms with Gasteiger partial charge in [0, 0.05) is 30.6 Å². The molecule has 1 aliphatic heterocycles. The molecule has 20 heavy (non-hydrogen) atoms. The van der Waals surface area contributed by atoms with E-state index >= 15 is 0 Å². The second kappa shape index (κ2) is 4.74. The lowest BCUT2D eigenvalue weighted by Gasteiger charge is -2.20. The molecule has 2 N–H and O–H groups in total. The molecule has 104 valence electrons. The highest BCUT2D eigenvalue weighted by molar-refractivity contribution is 6.02. The van der Waals surface area contributed by atoms with Crippen LogP contribution >= 0.6 is 0 Å². The van der Waals surface area contributed by atoms with Crippen LogP contribution in [-0.4, -0.2) is 24.1 Å². The maximum absolute atomic E-state index is 12.0. The van der Waals surface area contributed by atoms with E-state index in [-0.39, 0.29) is 18.1 Å². The Morgan fingerprint density at radius 3 is 2.75 bits per heavy atom. The number of ketones is 1. The van der Waals surface area contributed by atoms with Gasteiger partial charge in [0.1, 0.15) is 0 Å². The highest BCUT2D eigenvalue weighted by atomic mass is 16.2. The number of hydrogen-bond donors (Lipinski definition) is 1. The number of rotatable bonds is 2. The molecule has 1 saturated heterocycles. The van der Waals surface area contributed by atoms with Crippen molar-refractivity contribution in [2.45, 2.75) is 25.7 Å². The number of nitrogens with two attached hydrogens (primary N) is 1. The van der Waals surface area contributed by atoms with Crippen molar-refractivity contribution in [2.75, 3.05) is 11.4 Å². The van der Waals surface area contributed by atoms with Gasteiger partial charge in [0.05, 0.1) is 5.92 Å². The fraction of sp³-hybridized carbons (Fsp3) is 0.400. The van der Waals surface area contributed by atoms with E-state index < -0.39 is 11.8 Å². The molecule has 1 atom stereocenters. The molecule has 0 aromatic heterocycles. The van der Waals surface area contributed by atoms with Crippen molar-refractivity contribution >= 4 is 23.3 Å². The summed E-state index contributed by atoms with van der Waals surface area (Å²) in [7, 11) is 0. The zero-order valence-corrected chi connectivity index (χ0v) is 11.1. The van der Waals surface area contributed by atoms with Gasteiger partial charge in [0.25, 0.3) is 0 Å². The zero-order chi connectivity index (χ0) is 14.3. The number of amides is 2. The Kier molecular flexibility index (Phi) is 3.04. The summed E-state index contributed by atoms with van der Waals surface area (Å²) in [5.74, 6) is -0.773. The normalized spacial score (nSPS) is 22.0. The maximum Gasteiger partial charge on any atom is 0.227 e. The van der Waals surface area contributed by atoms with E-state index in [0.29, 0.717) is 13.0 Å². The highest BCUT2D eigenvalue weighted by Gasteiger charge is 2.34. The molecular weight excluding hydrogens is 256 g/mol. The Hall–Kier alpha value is -2.17. The van der Waals surface area contributed by atoms with Gasteiger partial charge in [0.15, 0.2) is 5.78 Å². The third-order valence-corrected chi connectivity index (χ3v) is 4.08. The quantitative estimate of drug-likeness (QED) is 0.873. The fourth-order valence-electron chi connectivity index (χ4n) is 2.95. The third-order valence-electron chi connectivity index (χ3n) is 4.08. The first-order chi connectivity index (χ1) is 9.56. The van der Waals surface area contributed by atoms with Gasteiger partial charge in [-0.05, 0) is 36.6 Å². The number of nitrogens with zero attached hydrogens (tertiary/aromatic N) is 1. The van der Waals surface area contributed by atoms with Crippen LogP contribution in [0.4, 0.5) is 5.69 Å². The number of fused-ring (bicyclic) bond motifs is 1. The standard InChI is InChI=1S/C15H16N2O3/c16-15(20)10-7-14(19)17(8-10)11-4-5-12-9(6-11)2-1-3-13(12)18/h4-6,10H,1-3,7-8H2,(H2,16,20). The van der Waals surface area contributed by atoms with Crippen molar-refractivity contribution in [3.63, 3.8) is 0 Å². The van der Waals surface area contributed by atoms with Gasteiger partial charge < -0.3 is 10.6 Å². The van der Waals surface area contributed by atoms with Crippen LogP contribution in [0.25, 0.3) is 0 Å². The summed E-state index contributed by atoms with van der Waals surface area (Å²) in [6.07, 6.45) is 2.48. The number of hydrogen-bond acceptors (Lipinski definition) is 3. The minimum absolute atomic E-state index is 0.0871. The van der Waals surface area contributed by atoms with E-state index in [1.54, 1.807) is 17.0 Å². The van der Waals surface area contributed by atoms with Crippen molar-refractivity contribution in [3.05, 3.63) is 29.3 Å². The molecule has 1 heterocycles. The highest BCUT2D eigenvalue weighted by Crippen LogP contribution is 2.29. The molecule has 1 aromatic carbocycles. The SMILES string of the molecule is NC(=O)C1CC(=O)N(c2ccc3c(c2)CCCC3=O)C1. The Balaban J connectivity index is 1.90. The van der Waals surface area contributed by atoms with Crippen LogP contribution in [-0.2, 0) is 16.0 Å². The first-order valence-electron chi connectivity index (χ1n) is 6.82. The zero-order valence-electron chi connectivity index (χ0n) is 11.1. The average molecular weight is 272 g/mol. The first kappa shape index (κ1) is 12.8. The number of Topliss-reactive ketones (excluding diaryl/α,β-unsaturated/α-hetero) is 1. The lowest BCUT2D eigenvalue weighted by Crippen LogP contribution is -2.28. The summed E-state index contributed by atoms with van der Waals surface area (Å²) in [4.78, 5) is 36.5. The van der Waals surface area contributed by atoms with Crippen LogP contribution in [0, 0.1) is 5.92 Å². The largest absolute Gasteiger partial charge is 0.369 e.